The standard InChI is InChI=1S/C20H18N4O4S/c1-12-16(19(29-2)23-17(21-12)15-7-4-9-27-15)18(25)22-13-5-3-6-14(11-13)24-8-10-28-20(24)26/h3-7,9,11H,8,10H2,1-2H3,(H,22,25). The Labute approximate surface area is 171 Å². The highest BCUT2D eigenvalue weighted by Crippen LogP contribution is 2.27. The number of furan rings is 1. The number of cyclic esters (lactones) is 1. The molecular formula is C20H18N4O4S. The zero-order valence-corrected chi connectivity index (χ0v) is 16.7. The third-order valence-electron chi connectivity index (χ3n) is 4.40. The van der Waals surface area contributed by atoms with E-state index in [-0.39, 0.29) is 5.91 Å². The molecule has 9 heteroatoms. The number of aromatic nitrogens is 2. The number of amides is 2. The summed E-state index contributed by atoms with van der Waals surface area (Å²) in [6.07, 6.45) is 3.01. The first-order valence-electron chi connectivity index (χ1n) is 8.89. The predicted molar refractivity (Wildman–Crippen MR) is 109 cm³/mol. The van der Waals surface area contributed by atoms with Crippen LogP contribution in [0.15, 0.2) is 52.1 Å². The van der Waals surface area contributed by atoms with Gasteiger partial charge < -0.3 is 14.5 Å². The third-order valence-corrected chi connectivity index (χ3v) is 5.08. The topological polar surface area (TPSA) is 97.6 Å². The van der Waals surface area contributed by atoms with Gasteiger partial charge in [-0.2, -0.15) is 0 Å². The summed E-state index contributed by atoms with van der Waals surface area (Å²) >= 11 is 1.36. The molecule has 3 heterocycles. The number of ether oxygens (including phenoxy) is 1. The summed E-state index contributed by atoms with van der Waals surface area (Å²) in [6, 6.07) is 10.6. The second-order valence-electron chi connectivity index (χ2n) is 6.26. The molecule has 148 valence electrons. The monoisotopic (exact) mass is 410 g/mol. The Morgan fingerprint density at radius 3 is 2.79 bits per heavy atom. The van der Waals surface area contributed by atoms with Crippen molar-refractivity contribution in [2.75, 3.05) is 29.6 Å². The minimum Gasteiger partial charge on any atom is -0.461 e. The quantitative estimate of drug-likeness (QED) is 0.502. The minimum absolute atomic E-state index is 0.320. The number of nitrogens with zero attached hydrogens (tertiary/aromatic N) is 3. The molecule has 0 aliphatic carbocycles. The Morgan fingerprint density at radius 1 is 1.24 bits per heavy atom. The average Bonchev–Trinajstić information content (AvgIpc) is 3.39. The molecular weight excluding hydrogens is 392 g/mol. The van der Waals surface area contributed by atoms with E-state index in [4.69, 9.17) is 9.15 Å². The first-order valence-corrected chi connectivity index (χ1v) is 10.1. The Morgan fingerprint density at radius 2 is 2.10 bits per heavy atom. The van der Waals surface area contributed by atoms with Crippen molar-refractivity contribution in [1.29, 1.82) is 0 Å². The lowest BCUT2D eigenvalue weighted by Crippen LogP contribution is -2.23. The first-order chi connectivity index (χ1) is 14.1. The third kappa shape index (κ3) is 3.81. The maximum Gasteiger partial charge on any atom is 0.414 e. The molecule has 1 aliphatic heterocycles. The van der Waals surface area contributed by atoms with Gasteiger partial charge >= 0.3 is 6.09 Å². The summed E-state index contributed by atoms with van der Waals surface area (Å²) in [5, 5.41) is 3.43. The second-order valence-corrected chi connectivity index (χ2v) is 7.06. The molecule has 0 radical (unpaired) electrons. The lowest BCUT2D eigenvalue weighted by molar-refractivity contribution is 0.102. The van der Waals surface area contributed by atoms with Crippen molar-refractivity contribution in [2.24, 2.45) is 0 Å². The zero-order valence-electron chi connectivity index (χ0n) is 15.8. The zero-order chi connectivity index (χ0) is 20.4. The molecule has 0 bridgehead atoms. The van der Waals surface area contributed by atoms with Crippen LogP contribution < -0.4 is 10.2 Å². The number of benzene rings is 1. The lowest BCUT2D eigenvalue weighted by atomic mass is 10.2. The summed E-state index contributed by atoms with van der Waals surface area (Å²) in [6.45, 7) is 2.60. The molecule has 8 nitrogen and oxygen atoms in total. The molecule has 1 N–H and O–H groups in total. The molecule has 0 atom stereocenters. The van der Waals surface area contributed by atoms with Crippen LogP contribution >= 0.6 is 11.8 Å². The molecule has 1 saturated heterocycles. The smallest absolute Gasteiger partial charge is 0.414 e. The number of hydrogen-bond acceptors (Lipinski definition) is 7. The number of hydrogen-bond donors (Lipinski definition) is 1. The number of anilines is 2. The van der Waals surface area contributed by atoms with Gasteiger partial charge in [-0.1, -0.05) is 6.07 Å². The Hall–Kier alpha value is -3.33. The number of rotatable bonds is 5. The van der Waals surface area contributed by atoms with E-state index in [1.54, 1.807) is 49.6 Å². The van der Waals surface area contributed by atoms with E-state index in [9.17, 15) is 9.59 Å². The van der Waals surface area contributed by atoms with Gasteiger partial charge in [-0.05, 0) is 43.5 Å². The minimum atomic E-state index is -0.393. The van der Waals surface area contributed by atoms with Crippen LogP contribution in [0.25, 0.3) is 11.6 Å². The number of carbonyl (C=O) groups excluding carboxylic acids is 2. The van der Waals surface area contributed by atoms with Crippen LogP contribution in [0.5, 0.6) is 0 Å². The fraction of sp³-hybridized carbons (Fsp3) is 0.200. The van der Waals surface area contributed by atoms with Crippen LogP contribution in [0, 0.1) is 6.92 Å². The molecule has 2 aromatic heterocycles. The molecule has 0 unspecified atom stereocenters. The average molecular weight is 410 g/mol. The van der Waals surface area contributed by atoms with Crippen LogP contribution in [-0.2, 0) is 4.74 Å². The van der Waals surface area contributed by atoms with Gasteiger partial charge in [0.05, 0.1) is 24.1 Å². The van der Waals surface area contributed by atoms with Crippen molar-refractivity contribution in [1.82, 2.24) is 9.97 Å². The van der Waals surface area contributed by atoms with E-state index in [0.717, 1.165) is 0 Å². The van der Waals surface area contributed by atoms with Crippen molar-refractivity contribution >= 4 is 35.1 Å². The van der Waals surface area contributed by atoms with Gasteiger partial charge in [-0.25, -0.2) is 14.8 Å². The molecule has 0 saturated carbocycles. The van der Waals surface area contributed by atoms with Gasteiger partial charge in [-0.3, -0.25) is 9.69 Å². The van der Waals surface area contributed by atoms with Crippen LogP contribution in [0.3, 0.4) is 0 Å². The van der Waals surface area contributed by atoms with E-state index in [0.29, 0.717) is 52.4 Å². The highest BCUT2D eigenvalue weighted by molar-refractivity contribution is 7.98. The van der Waals surface area contributed by atoms with Crippen LogP contribution in [0.2, 0.25) is 0 Å². The fourth-order valence-electron chi connectivity index (χ4n) is 3.04. The first kappa shape index (κ1) is 19.0. The van der Waals surface area contributed by atoms with Gasteiger partial charge in [0, 0.05) is 11.4 Å². The highest BCUT2D eigenvalue weighted by Gasteiger charge is 2.24. The van der Waals surface area contributed by atoms with Crippen LogP contribution in [0.4, 0.5) is 16.2 Å². The SMILES string of the molecule is CSc1nc(-c2ccco2)nc(C)c1C(=O)Nc1cccc(N2CCOC2=O)c1. The van der Waals surface area contributed by atoms with Crippen LogP contribution in [-0.4, -0.2) is 41.4 Å². The molecule has 1 aliphatic rings. The Bertz CT molecular complexity index is 1070. The number of aryl methyl sites for hydroxylation is 1. The summed E-state index contributed by atoms with van der Waals surface area (Å²) in [7, 11) is 0. The van der Waals surface area contributed by atoms with E-state index >= 15 is 0 Å². The van der Waals surface area contributed by atoms with Crippen molar-refractivity contribution in [2.45, 2.75) is 11.9 Å². The summed E-state index contributed by atoms with van der Waals surface area (Å²) in [4.78, 5) is 35.2. The van der Waals surface area contributed by atoms with Crippen molar-refractivity contribution in [3.8, 4) is 11.6 Å². The number of carbonyl (C=O) groups is 2. The van der Waals surface area contributed by atoms with Gasteiger partial charge in [-0.15, -0.1) is 11.8 Å². The summed E-state index contributed by atoms with van der Waals surface area (Å²) in [5.74, 6) is 0.655. The number of nitrogens with one attached hydrogen (secondary N) is 1. The van der Waals surface area contributed by atoms with Crippen molar-refractivity contribution < 1.29 is 18.7 Å². The van der Waals surface area contributed by atoms with Gasteiger partial charge in [0.15, 0.2) is 11.6 Å². The predicted octanol–water partition coefficient (Wildman–Crippen LogP) is 3.98. The molecule has 3 aromatic rings. The molecule has 0 spiro atoms. The largest absolute Gasteiger partial charge is 0.461 e. The fourth-order valence-corrected chi connectivity index (χ4v) is 3.67. The Kier molecular flexibility index (Phi) is 5.22. The molecule has 1 aromatic carbocycles. The summed E-state index contributed by atoms with van der Waals surface area (Å²) < 4.78 is 10.3. The van der Waals surface area contributed by atoms with Gasteiger partial charge in [0.1, 0.15) is 11.6 Å². The summed E-state index contributed by atoms with van der Waals surface area (Å²) in [5.41, 5.74) is 2.18. The maximum absolute atomic E-state index is 13.0. The maximum atomic E-state index is 13.0. The lowest BCUT2D eigenvalue weighted by Gasteiger charge is -2.15. The highest BCUT2D eigenvalue weighted by atomic mass is 32.2. The molecule has 4 rings (SSSR count). The molecule has 2 amide bonds. The van der Waals surface area contributed by atoms with Gasteiger partial charge in [0.2, 0.25) is 0 Å². The van der Waals surface area contributed by atoms with E-state index in [2.05, 4.69) is 15.3 Å². The van der Waals surface area contributed by atoms with Crippen molar-refractivity contribution in [3.63, 3.8) is 0 Å². The Balaban J connectivity index is 1.61. The molecule has 29 heavy (non-hydrogen) atoms. The van der Waals surface area contributed by atoms with Crippen molar-refractivity contribution in [3.05, 3.63) is 53.9 Å². The van der Waals surface area contributed by atoms with E-state index in [1.165, 1.54) is 16.7 Å². The van der Waals surface area contributed by atoms with Crippen LogP contribution in [0.1, 0.15) is 16.1 Å². The molecule has 1 fully saturated rings. The van der Waals surface area contributed by atoms with E-state index in [1.807, 2.05) is 6.26 Å². The second kappa shape index (κ2) is 7.96. The van der Waals surface area contributed by atoms with E-state index < -0.39 is 6.09 Å². The normalized spacial score (nSPS) is 13.4. The number of thioether (sulfide) groups is 1. The van der Waals surface area contributed by atoms with Gasteiger partial charge in [0.25, 0.3) is 5.91 Å².